The fourth-order valence-corrected chi connectivity index (χ4v) is 4.25. The van der Waals surface area contributed by atoms with Gasteiger partial charge in [0, 0.05) is 30.3 Å². The summed E-state index contributed by atoms with van der Waals surface area (Å²) in [7, 11) is 0. The van der Waals surface area contributed by atoms with Crippen LogP contribution >= 0.6 is 0 Å². The quantitative estimate of drug-likeness (QED) is 0.558. The predicted octanol–water partition coefficient (Wildman–Crippen LogP) is 3.48. The van der Waals surface area contributed by atoms with Crippen LogP contribution in [0.25, 0.3) is 22.8 Å². The molecule has 1 aliphatic carbocycles. The first kappa shape index (κ1) is 21.2. The predicted molar refractivity (Wildman–Crippen MR) is 121 cm³/mol. The number of nitrogens with zero attached hydrogens (tertiary/aromatic N) is 4. The molecule has 0 radical (unpaired) electrons. The van der Waals surface area contributed by atoms with Crippen molar-refractivity contribution in [2.75, 3.05) is 19.6 Å². The molecule has 1 amide bonds. The van der Waals surface area contributed by atoms with Gasteiger partial charge in [0.15, 0.2) is 0 Å². The second kappa shape index (κ2) is 8.68. The molecule has 1 aromatic heterocycles. The fraction of sp³-hybridized carbons (Fsp3) is 0.360. The lowest BCUT2D eigenvalue weighted by atomic mass is 10.0. The smallest absolute Gasteiger partial charge is 0.258 e. The van der Waals surface area contributed by atoms with E-state index in [9.17, 15) is 10.1 Å². The van der Waals surface area contributed by atoms with Gasteiger partial charge in [-0.1, -0.05) is 23.4 Å². The van der Waals surface area contributed by atoms with Crippen molar-refractivity contribution in [1.82, 2.24) is 20.4 Å². The lowest BCUT2D eigenvalue weighted by molar-refractivity contribution is -0.124. The Bertz CT molecular complexity index is 1240. The summed E-state index contributed by atoms with van der Waals surface area (Å²) in [6.07, 6.45) is 1.78. The number of ether oxygens (including phenoxy) is 1. The molecule has 0 bridgehead atoms. The molecule has 8 heteroatoms. The lowest BCUT2D eigenvalue weighted by Gasteiger charge is -2.14. The summed E-state index contributed by atoms with van der Waals surface area (Å²) >= 11 is 0. The Morgan fingerprint density at radius 1 is 1.33 bits per heavy atom. The van der Waals surface area contributed by atoms with Gasteiger partial charge in [-0.15, -0.1) is 0 Å². The first-order chi connectivity index (χ1) is 16.0. The number of benzene rings is 2. The van der Waals surface area contributed by atoms with Crippen LogP contribution in [0, 0.1) is 11.3 Å². The molecule has 3 aromatic rings. The van der Waals surface area contributed by atoms with E-state index in [2.05, 4.69) is 27.6 Å². The standard InChI is InChI=1S/C25H25N5O3/c1-15(2)32-22-9-6-16(12-17(22)13-26)25-28-24(29-33-25)20-5-3-4-19-18(20)7-8-21(19)27-14-23(31)30-10-11-30/h3-6,9,12,15,21,27H,7-8,10-11,14H2,1-2H3. The molecule has 33 heavy (non-hydrogen) atoms. The second-order valence-electron chi connectivity index (χ2n) is 8.64. The third kappa shape index (κ3) is 4.32. The maximum absolute atomic E-state index is 12.0. The molecule has 1 saturated heterocycles. The molecule has 2 aliphatic rings. The number of hydrogen-bond acceptors (Lipinski definition) is 7. The van der Waals surface area contributed by atoms with Gasteiger partial charge in [-0.05, 0) is 56.0 Å². The van der Waals surface area contributed by atoms with E-state index in [4.69, 9.17) is 9.26 Å². The normalized spacial score (nSPS) is 16.5. The van der Waals surface area contributed by atoms with Crippen molar-refractivity contribution in [2.45, 2.75) is 38.8 Å². The van der Waals surface area contributed by atoms with Crippen LogP contribution in [0.2, 0.25) is 0 Å². The van der Waals surface area contributed by atoms with Crippen molar-refractivity contribution >= 4 is 5.91 Å². The van der Waals surface area contributed by atoms with Crippen LogP contribution < -0.4 is 10.1 Å². The molecule has 1 N–H and O–H groups in total. The number of nitrogens with one attached hydrogen (secondary N) is 1. The summed E-state index contributed by atoms with van der Waals surface area (Å²) in [6, 6.07) is 13.7. The number of fused-ring (bicyclic) bond motifs is 1. The zero-order valence-corrected chi connectivity index (χ0v) is 18.7. The number of carbonyl (C=O) groups excluding carboxylic acids is 1. The van der Waals surface area contributed by atoms with E-state index in [1.54, 1.807) is 12.1 Å². The molecule has 0 saturated carbocycles. The van der Waals surface area contributed by atoms with Crippen LogP contribution in [0.3, 0.4) is 0 Å². The summed E-state index contributed by atoms with van der Waals surface area (Å²) in [5.74, 6) is 1.56. The topological polar surface area (TPSA) is 104 Å². The Morgan fingerprint density at radius 2 is 2.18 bits per heavy atom. The Kier molecular flexibility index (Phi) is 5.56. The van der Waals surface area contributed by atoms with E-state index in [-0.39, 0.29) is 18.1 Å². The summed E-state index contributed by atoms with van der Waals surface area (Å²) in [4.78, 5) is 18.5. The van der Waals surface area contributed by atoms with Crippen molar-refractivity contribution in [3.8, 4) is 34.7 Å². The number of aromatic nitrogens is 2. The van der Waals surface area contributed by atoms with E-state index in [1.165, 1.54) is 11.1 Å². The average molecular weight is 444 g/mol. The highest BCUT2D eigenvalue weighted by Gasteiger charge is 2.29. The fourth-order valence-electron chi connectivity index (χ4n) is 4.25. The van der Waals surface area contributed by atoms with Crippen LogP contribution in [0.5, 0.6) is 5.75 Å². The minimum Gasteiger partial charge on any atom is -0.490 e. The van der Waals surface area contributed by atoms with Gasteiger partial charge in [-0.25, -0.2) is 0 Å². The SMILES string of the molecule is CC(C)Oc1ccc(-c2nc(-c3cccc4c3CCC4NCC(=O)N3CC3)no2)cc1C#N. The minimum absolute atomic E-state index is 0.0271. The van der Waals surface area contributed by atoms with E-state index >= 15 is 0 Å². The van der Waals surface area contributed by atoms with Crippen LogP contribution in [-0.4, -0.2) is 46.7 Å². The first-order valence-corrected chi connectivity index (χ1v) is 11.2. The van der Waals surface area contributed by atoms with Crippen LogP contribution in [-0.2, 0) is 11.2 Å². The highest BCUT2D eigenvalue weighted by atomic mass is 16.5. The Hall–Kier alpha value is -3.70. The molecule has 8 nitrogen and oxygen atoms in total. The summed E-state index contributed by atoms with van der Waals surface area (Å²) in [5.41, 5.74) is 4.39. The summed E-state index contributed by atoms with van der Waals surface area (Å²) in [6.45, 7) is 5.94. The molecule has 1 unspecified atom stereocenters. The molecule has 2 heterocycles. The van der Waals surface area contributed by atoms with Crippen LogP contribution in [0.1, 0.15) is 43.0 Å². The Morgan fingerprint density at radius 3 is 2.94 bits per heavy atom. The Balaban J connectivity index is 1.38. The number of rotatable bonds is 7. The van der Waals surface area contributed by atoms with Crippen molar-refractivity contribution in [2.24, 2.45) is 0 Å². The molecule has 1 aliphatic heterocycles. The molecule has 1 fully saturated rings. The summed E-state index contributed by atoms with van der Waals surface area (Å²) in [5, 5.41) is 17.1. The maximum atomic E-state index is 12.0. The van der Waals surface area contributed by atoms with Crippen molar-refractivity contribution < 1.29 is 14.1 Å². The van der Waals surface area contributed by atoms with Gasteiger partial charge in [0.1, 0.15) is 11.8 Å². The number of nitriles is 1. The first-order valence-electron chi connectivity index (χ1n) is 11.2. The molecule has 5 rings (SSSR count). The zero-order chi connectivity index (χ0) is 22.9. The Labute approximate surface area is 192 Å². The molecule has 168 valence electrons. The average Bonchev–Trinajstić information content (AvgIpc) is 3.41. The third-order valence-corrected chi connectivity index (χ3v) is 5.95. The lowest BCUT2D eigenvalue weighted by Crippen LogP contribution is -2.30. The molecular weight excluding hydrogens is 418 g/mol. The van der Waals surface area contributed by atoms with E-state index in [1.807, 2.05) is 36.9 Å². The van der Waals surface area contributed by atoms with Gasteiger partial charge in [-0.2, -0.15) is 10.2 Å². The van der Waals surface area contributed by atoms with Crippen LogP contribution in [0.15, 0.2) is 40.9 Å². The summed E-state index contributed by atoms with van der Waals surface area (Å²) < 4.78 is 11.2. The molecule has 2 aromatic carbocycles. The van der Waals surface area contributed by atoms with Crippen molar-refractivity contribution in [3.05, 3.63) is 53.1 Å². The van der Waals surface area contributed by atoms with Crippen molar-refractivity contribution in [1.29, 1.82) is 5.26 Å². The van der Waals surface area contributed by atoms with Crippen molar-refractivity contribution in [3.63, 3.8) is 0 Å². The zero-order valence-electron chi connectivity index (χ0n) is 18.7. The van der Waals surface area contributed by atoms with Gasteiger partial charge >= 0.3 is 0 Å². The van der Waals surface area contributed by atoms with E-state index in [0.717, 1.165) is 31.5 Å². The highest BCUT2D eigenvalue weighted by Crippen LogP contribution is 2.37. The molecular formula is C25H25N5O3. The second-order valence-corrected chi connectivity index (χ2v) is 8.64. The number of hydrogen-bond donors (Lipinski definition) is 1. The third-order valence-electron chi connectivity index (χ3n) is 5.95. The minimum atomic E-state index is -0.0271. The molecule has 1 atom stereocenters. The van der Waals surface area contributed by atoms with Gasteiger partial charge in [0.05, 0.1) is 18.2 Å². The number of amides is 1. The van der Waals surface area contributed by atoms with Gasteiger partial charge in [-0.3, -0.25) is 4.79 Å². The highest BCUT2D eigenvalue weighted by molar-refractivity contribution is 5.80. The van der Waals surface area contributed by atoms with Gasteiger partial charge < -0.3 is 19.5 Å². The molecule has 0 spiro atoms. The van der Waals surface area contributed by atoms with Crippen LogP contribution in [0.4, 0.5) is 0 Å². The van der Waals surface area contributed by atoms with Gasteiger partial charge in [0.2, 0.25) is 11.7 Å². The monoisotopic (exact) mass is 443 g/mol. The van der Waals surface area contributed by atoms with E-state index < -0.39 is 0 Å². The number of carbonyl (C=O) groups is 1. The maximum Gasteiger partial charge on any atom is 0.258 e. The van der Waals surface area contributed by atoms with Gasteiger partial charge in [0.25, 0.3) is 5.89 Å². The van der Waals surface area contributed by atoms with E-state index in [0.29, 0.717) is 35.1 Å². The largest absolute Gasteiger partial charge is 0.490 e.